The topological polar surface area (TPSA) is 40.7 Å². The molecule has 102 valence electrons. The molecule has 0 unspecified atom stereocenters. The molecule has 0 amide bonds. The molecule has 2 N–H and O–H groups in total. The summed E-state index contributed by atoms with van der Waals surface area (Å²) in [5, 5.41) is 3.63. The molecule has 2 rings (SSSR count). The van der Waals surface area contributed by atoms with Crippen molar-refractivity contribution in [3.05, 3.63) is 36.8 Å². The molecule has 1 aromatic heterocycles. The largest absolute Gasteiger partial charge is 0.382 e. The van der Waals surface area contributed by atoms with Crippen molar-refractivity contribution in [2.45, 2.75) is 45.6 Å². The number of nitrogens with one attached hydrogen (secondary N) is 2. The Bertz CT molecular complexity index is 453. The average molecular weight is 257 g/mol. The summed E-state index contributed by atoms with van der Waals surface area (Å²) in [6.07, 6.45) is 8.47. The lowest BCUT2D eigenvalue weighted by Gasteiger charge is -2.18. The van der Waals surface area contributed by atoms with Gasteiger partial charge in [-0.3, -0.25) is 0 Å². The fraction of sp³-hybridized carbons (Fsp3) is 0.438. The first-order valence-corrected chi connectivity index (χ1v) is 7.18. The Kier molecular flexibility index (Phi) is 5.01. The highest BCUT2D eigenvalue weighted by Gasteiger charge is 2.06. The number of benzene rings is 1. The SMILES string of the molecule is CCCC(CCC)Nc1ccc(-c2cnc[nH]2)cc1. The third-order valence-corrected chi connectivity index (χ3v) is 3.34. The van der Waals surface area contributed by atoms with Crippen LogP contribution in [0.2, 0.25) is 0 Å². The van der Waals surface area contributed by atoms with Gasteiger partial charge in [0.1, 0.15) is 0 Å². The van der Waals surface area contributed by atoms with E-state index in [9.17, 15) is 0 Å². The predicted octanol–water partition coefficient (Wildman–Crippen LogP) is 4.46. The number of rotatable bonds is 7. The average Bonchev–Trinajstić information content (AvgIpc) is 2.94. The number of aromatic nitrogens is 2. The summed E-state index contributed by atoms with van der Waals surface area (Å²) >= 11 is 0. The maximum atomic E-state index is 4.05. The Morgan fingerprint density at radius 1 is 1.11 bits per heavy atom. The second-order valence-electron chi connectivity index (χ2n) is 4.96. The van der Waals surface area contributed by atoms with Crippen LogP contribution in [0.1, 0.15) is 39.5 Å². The number of hydrogen-bond donors (Lipinski definition) is 2. The first kappa shape index (κ1) is 13.7. The smallest absolute Gasteiger partial charge is 0.0924 e. The quantitative estimate of drug-likeness (QED) is 0.769. The Morgan fingerprint density at radius 3 is 2.32 bits per heavy atom. The normalized spacial score (nSPS) is 10.9. The summed E-state index contributed by atoms with van der Waals surface area (Å²) in [6.45, 7) is 4.48. The molecule has 1 aromatic carbocycles. The highest BCUT2D eigenvalue weighted by molar-refractivity contribution is 5.62. The maximum absolute atomic E-state index is 4.05. The van der Waals surface area contributed by atoms with Crippen LogP contribution in [0.3, 0.4) is 0 Å². The van der Waals surface area contributed by atoms with Crippen LogP contribution in [0.15, 0.2) is 36.8 Å². The van der Waals surface area contributed by atoms with E-state index in [1.165, 1.54) is 36.9 Å². The van der Waals surface area contributed by atoms with Crippen LogP contribution < -0.4 is 5.32 Å². The van der Waals surface area contributed by atoms with Gasteiger partial charge in [-0.2, -0.15) is 0 Å². The predicted molar refractivity (Wildman–Crippen MR) is 81.3 cm³/mol. The zero-order valence-corrected chi connectivity index (χ0v) is 11.8. The molecule has 3 nitrogen and oxygen atoms in total. The van der Waals surface area contributed by atoms with Gasteiger partial charge in [-0.25, -0.2) is 4.98 Å². The van der Waals surface area contributed by atoms with Crippen molar-refractivity contribution in [2.75, 3.05) is 5.32 Å². The van der Waals surface area contributed by atoms with Crippen molar-refractivity contribution in [2.24, 2.45) is 0 Å². The van der Waals surface area contributed by atoms with E-state index >= 15 is 0 Å². The van der Waals surface area contributed by atoms with E-state index in [-0.39, 0.29) is 0 Å². The van der Waals surface area contributed by atoms with Gasteiger partial charge in [0.15, 0.2) is 0 Å². The zero-order valence-electron chi connectivity index (χ0n) is 11.8. The van der Waals surface area contributed by atoms with E-state index in [0.29, 0.717) is 6.04 Å². The standard InChI is InChI=1S/C16H23N3/c1-3-5-14(6-4-2)19-15-9-7-13(8-10-15)16-11-17-12-18-16/h7-12,14,19H,3-6H2,1-2H3,(H,17,18). The molecule has 1 heterocycles. The summed E-state index contributed by atoms with van der Waals surface area (Å²) in [5.41, 5.74) is 3.44. The monoisotopic (exact) mass is 257 g/mol. The number of H-pyrrole nitrogens is 1. The van der Waals surface area contributed by atoms with Crippen LogP contribution in [0.4, 0.5) is 5.69 Å². The van der Waals surface area contributed by atoms with E-state index in [2.05, 4.69) is 53.4 Å². The maximum Gasteiger partial charge on any atom is 0.0924 e. The minimum atomic E-state index is 0.591. The summed E-state index contributed by atoms with van der Waals surface area (Å²) in [5.74, 6) is 0. The van der Waals surface area contributed by atoms with Crippen molar-refractivity contribution in [1.29, 1.82) is 0 Å². The fourth-order valence-corrected chi connectivity index (χ4v) is 2.38. The Hall–Kier alpha value is -1.77. The third kappa shape index (κ3) is 3.85. The van der Waals surface area contributed by atoms with Gasteiger partial charge in [0.25, 0.3) is 0 Å². The summed E-state index contributed by atoms with van der Waals surface area (Å²) in [4.78, 5) is 7.17. The van der Waals surface area contributed by atoms with Crippen LogP contribution in [0.25, 0.3) is 11.3 Å². The number of imidazole rings is 1. The van der Waals surface area contributed by atoms with E-state index in [4.69, 9.17) is 0 Å². The molecule has 0 aliphatic rings. The molecule has 0 fully saturated rings. The van der Waals surface area contributed by atoms with Gasteiger partial charge in [-0.15, -0.1) is 0 Å². The molecule has 0 aliphatic carbocycles. The molecule has 19 heavy (non-hydrogen) atoms. The molecule has 0 atom stereocenters. The summed E-state index contributed by atoms with van der Waals surface area (Å²) < 4.78 is 0. The van der Waals surface area contributed by atoms with E-state index < -0.39 is 0 Å². The number of nitrogens with zero attached hydrogens (tertiary/aromatic N) is 1. The van der Waals surface area contributed by atoms with Gasteiger partial charge >= 0.3 is 0 Å². The molecular formula is C16H23N3. The molecule has 0 spiro atoms. The van der Waals surface area contributed by atoms with Gasteiger partial charge < -0.3 is 10.3 Å². The fourth-order valence-electron chi connectivity index (χ4n) is 2.38. The minimum absolute atomic E-state index is 0.591. The van der Waals surface area contributed by atoms with Gasteiger partial charge in [-0.1, -0.05) is 38.8 Å². The van der Waals surface area contributed by atoms with E-state index in [1.54, 1.807) is 6.33 Å². The van der Waals surface area contributed by atoms with Crippen molar-refractivity contribution in [3.63, 3.8) is 0 Å². The molecular weight excluding hydrogens is 234 g/mol. The van der Waals surface area contributed by atoms with Crippen LogP contribution in [0.5, 0.6) is 0 Å². The third-order valence-electron chi connectivity index (χ3n) is 3.34. The number of hydrogen-bond acceptors (Lipinski definition) is 2. The molecule has 0 saturated carbocycles. The Morgan fingerprint density at radius 2 is 1.79 bits per heavy atom. The highest BCUT2D eigenvalue weighted by Crippen LogP contribution is 2.20. The number of anilines is 1. The Balaban J connectivity index is 2.01. The van der Waals surface area contributed by atoms with Crippen molar-refractivity contribution in [1.82, 2.24) is 9.97 Å². The van der Waals surface area contributed by atoms with Gasteiger partial charge in [0.05, 0.1) is 18.2 Å². The van der Waals surface area contributed by atoms with Crippen LogP contribution in [-0.2, 0) is 0 Å². The van der Waals surface area contributed by atoms with Gasteiger partial charge in [-0.05, 0) is 30.5 Å². The molecule has 0 aliphatic heterocycles. The lowest BCUT2D eigenvalue weighted by atomic mass is 10.1. The van der Waals surface area contributed by atoms with Crippen molar-refractivity contribution in [3.8, 4) is 11.3 Å². The van der Waals surface area contributed by atoms with Crippen LogP contribution >= 0.6 is 0 Å². The highest BCUT2D eigenvalue weighted by atomic mass is 14.9. The number of aromatic amines is 1. The lowest BCUT2D eigenvalue weighted by Crippen LogP contribution is -2.18. The van der Waals surface area contributed by atoms with E-state index in [0.717, 1.165) is 5.69 Å². The van der Waals surface area contributed by atoms with Crippen molar-refractivity contribution < 1.29 is 0 Å². The first-order chi connectivity index (χ1) is 9.33. The second-order valence-corrected chi connectivity index (χ2v) is 4.96. The summed E-state index contributed by atoms with van der Waals surface area (Å²) in [6, 6.07) is 9.14. The molecule has 0 bridgehead atoms. The second kappa shape index (κ2) is 6.98. The van der Waals surface area contributed by atoms with E-state index in [1.807, 2.05) is 6.20 Å². The van der Waals surface area contributed by atoms with Gasteiger partial charge in [0.2, 0.25) is 0 Å². The van der Waals surface area contributed by atoms with Crippen LogP contribution in [-0.4, -0.2) is 16.0 Å². The molecule has 0 saturated heterocycles. The van der Waals surface area contributed by atoms with Crippen LogP contribution in [0, 0.1) is 0 Å². The van der Waals surface area contributed by atoms with Crippen molar-refractivity contribution >= 4 is 5.69 Å². The zero-order chi connectivity index (χ0) is 13.5. The van der Waals surface area contributed by atoms with Gasteiger partial charge in [0, 0.05) is 11.7 Å². The lowest BCUT2D eigenvalue weighted by molar-refractivity contribution is 0.586. The summed E-state index contributed by atoms with van der Waals surface area (Å²) in [7, 11) is 0. The molecule has 3 heteroatoms. The minimum Gasteiger partial charge on any atom is -0.382 e. The molecule has 0 radical (unpaired) electrons. The molecule has 2 aromatic rings. The Labute approximate surface area is 115 Å². The first-order valence-electron chi connectivity index (χ1n) is 7.18.